The number of carbonyl (C=O) groups excluding carboxylic acids is 2. The molecule has 8 heteroatoms. The van der Waals surface area contributed by atoms with E-state index < -0.39 is 12.1 Å². The van der Waals surface area contributed by atoms with Crippen molar-refractivity contribution < 1.29 is 23.8 Å². The number of carbonyl (C=O) groups is 2. The van der Waals surface area contributed by atoms with Crippen LogP contribution < -0.4 is 14.8 Å². The molecule has 0 saturated heterocycles. The summed E-state index contributed by atoms with van der Waals surface area (Å²) in [4.78, 5) is 28.9. The van der Waals surface area contributed by atoms with E-state index in [0.717, 1.165) is 36.5 Å². The fraction of sp³-hybridized carbons (Fsp3) is 0.429. The van der Waals surface area contributed by atoms with Crippen molar-refractivity contribution in [2.45, 2.75) is 32.9 Å². The number of nitrogens with one attached hydrogen (secondary N) is 1. The number of nitrogens with zero attached hydrogens (tertiary/aromatic N) is 1. The molecule has 1 N–H and O–H groups in total. The lowest BCUT2D eigenvalue weighted by molar-refractivity contribution is -0.125. The summed E-state index contributed by atoms with van der Waals surface area (Å²) >= 11 is 1.44. The molecule has 2 aromatic rings. The molecule has 7 nitrogen and oxygen atoms in total. The van der Waals surface area contributed by atoms with Crippen LogP contribution in [0.1, 0.15) is 34.6 Å². The van der Waals surface area contributed by atoms with Crippen LogP contribution in [0.25, 0.3) is 0 Å². The number of rotatable bonds is 5. The van der Waals surface area contributed by atoms with Crippen LogP contribution in [0.2, 0.25) is 0 Å². The minimum absolute atomic E-state index is 0.117. The lowest BCUT2D eigenvalue weighted by Gasteiger charge is -2.25. The highest BCUT2D eigenvalue weighted by Crippen LogP contribution is 2.38. The van der Waals surface area contributed by atoms with Crippen molar-refractivity contribution in [3.63, 3.8) is 0 Å². The summed E-state index contributed by atoms with van der Waals surface area (Å²) < 4.78 is 16.7. The van der Waals surface area contributed by atoms with Crippen LogP contribution in [0.3, 0.4) is 0 Å². The van der Waals surface area contributed by atoms with E-state index in [-0.39, 0.29) is 19.1 Å². The van der Waals surface area contributed by atoms with Gasteiger partial charge in [0.05, 0.1) is 12.2 Å². The van der Waals surface area contributed by atoms with Gasteiger partial charge < -0.3 is 19.5 Å². The van der Waals surface area contributed by atoms with Crippen LogP contribution in [0.4, 0.5) is 5.00 Å². The lowest BCUT2D eigenvalue weighted by Crippen LogP contribution is -2.40. The third kappa shape index (κ3) is 3.95. The van der Waals surface area contributed by atoms with Gasteiger partial charge in [-0.05, 0) is 37.6 Å². The zero-order chi connectivity index (χ0) is 20.4. The van der Waals surface area contributed by atoms with Gasteiger partial charge in [0.1, 0.15) is 11.6 Å². The molecule has 2 aliphatic rings. The molecular weight excluding hydrogens is 392 g/mol. The molecule has 1 amide bonds. The summed E-state index contributed by atoms with van der Waals surface area (Å²) in [6.45, 7) is 6.90. The number of hydrogen-bond donors (Lipinski definition) is 1. The first kappa shape index (κ1) is 19.7. The van der Waals surface area contributed by atoms with Gasteiger partial charge in [-0.1, -0.05) is 19.1 Å². The molecular formula is C21H24N2O5S. The van der Waals surface area contributed by atoms with E-state index in [2.05, 4.69) is 17.1 Å². The summed E-state index contributed by atoms with van der Waals surface area (Å²) in [5.41, 5.74) is 1.47. The van der Waals surface area contributed by atoms with E-state index in [0.29, 0.717) is 22.1 Å². The molecule has 154 valence electrons. The number of amides is 1. The van der Waals surface area contributed by atoms with Crippen LogP contribution in [0.5, 0.6) is 11.5 Å². The molecule has 0 spiro atoms. The third-order valence-corrected chi connectivity index (χ3v) is 6.23. The Morgan fingerprint density at radius 1 is 1.28 bits per heavy atom. The van der Waals surface area contributed by atoms with Crippen LogP contribution in [-0.4, -0.2) is 49.2 Å². The number of thiophene rings is 1. The van der Waals surface area contributed by atoms with E-state index >= 15 is 0 Å². The molecule has 0 saturated carbocycles. The first-order valence-electron chi connectivity index (χ1n) is 9.84. The zero-order valence-electron chi connectivity index (χ0n) is 16.5. The second kappa shape index (κ2) is 8.42. The monoisotopic (exact) mass is 416 g/mol. The predicted molar refractivity (Wildman–Crippen MR) is 110 cm³/mol. The SMILES string of the molecule is CCOC(=O)c1c(NC(=O)C2COc3ccccc3O2)sc2c1CCN(CC)C2. The number of ether oxygens (including phenoxy) is 3. The Morgan fingerprint density at radius 2 is 2.07 bits per heavy atom. The molecule has 0 bridgehead atoms. The first-order valence-corrected chi connectivity index (χ1v) is 10.7. The maximum atomic E-state index is 12.9. The number of anilines is 1. The number of fused-ring (bicyclic) bond motifs is 2. The van der Waals surface area contributed by atoms with Crippen molar-refractivity contribution in [2.24, 2.45) is 0 Å². The molecule has 3 heterocycles. The summed E-state index contributed by atoms with van der Waals surface area (Å²) in [6.07, 6.45) is -0.0219. The van der Waals surface area contributed by atoms with E-state index in [1.807, 2.05) is 12.1 Å². The quantitative estimate of drug-likeness (QED) is 0.755. The Balaban J connectivity index is 1.57. The highest BCUT2D eigenvalue weighted by molar-refractivity contribution is 7.17. The molecule has 4 rings (SSSR count). The Morgan fingerprint density at radius 3 is 2.83 bits per heavy atom. The molecule has 2 aliphatic heterocycles. The Kier molecular flexibility index (Phi) is 5.73. The fourth-order valence-electron chi connectivity index (χ4n) is 3.57. The average Bonchev–Trinajstić information content (AvgIpc) is 3.10. The highest BCUT2D eigenvalue weighted by Gasteiger charge is 2.32. The maximum absolute atomic E-state index is 12.9. The smallest absolute Gasteiger partial charge is 0.341 e. The molecule has 1 aromatic carbocycles. The van der Waals surface area contributed by atoms with Gasteiger partial charge in [-0.15, -0.1) is 11.3 Å². The number of likely N-dealkylation sites (N-methyl/N-ethyl adjacent to an activating group) is 1. The van der Waals surface area contributed by atoms with E-state index in [1.165, 1.54) is 11.3 Å². The zero-order valence-corrected chi connectivity index (χ0v) is 17.3. The number of hydrogen-bond acceptors (Lipinski definition) is 7. The topological polar surface area (TPSA) is 77.1 Å². The Labute approximate surface area is 173 Å². The summed E-state index contributed by atoms with van der Waals surface area (Å²) in [5, 5.41) is 3.42. The molecule has 1 atom stereocenters. The van der Waals surface area contributed by atoms with Gasteiger partial charge in [-0.25, -0.2) is 4.79 Å². The number of para-hydroxylation sites is 2. The first-order chi connectivity index (χ1) is 14.1. The normalized spacial score (nSPS) is 18.1. The minimum Gasteiger partial charge on any atom is -0.485 e. The van der Waals surface area contributed by atoms with E-state index in [9.17, 15) is 9.59 Å². The van der Waals surface area contributed by atoms with E-state index in [4.69, 9.17) is 14.2 Å². The summed E-state index contributed by atoms with van der Waals surface area (Å²) in [7, 11) is 0. The number of benzene rings is 1. The molecule has 0 radical (unpaired) electrons. The van der Waals surface area contributed by atoms with Crippen molar-refractivity contribution in [3.8, 4) is 11.5 Å². The fourth-order valence-corrected chi connectivity index (χ4v) is 4.86. The molecule has 0 aliphatic carbocycles. The van der Waals surface area contributed by atoms with Gasteiger partial charge in [0, 0.05) is 18.0 Å². The van der Waals surface area contributed by atoms with Gasteiger partial charge in [0.2, 0.25) is 6.10 Å². The molecule has 1 unspecified atom stereocenters. The minimum atomic E-state index is -0.786. The lowest BCUT2D eigenvalue weighted by atomic mass is 10.0. The van der Waals surface area contributed by atoms with Gasteiger partial charge >= 0.3 is 5.97 Å². The molecule has 0 fully saturated rings. The number of esters is 1. The second-order valence-electron chi connectivity index (χ2n) is 6.90. The largest absolute Gasteiger partial charge is 0.485 e. The third-order valence-electron chi connectivity index (χ3n) is 5.10. The van der Waals surface area contributed by atoms with Crippen molar-refractivity contribution >= 4 is 28.2 Å². The van der Waals surface area contributed by atoms with Crippen molar-refractivity contribution in [2.75, 3.05) is 31.6 Å². The highest BCUT2D eigenvalue weighted by atomic mass is 32.1. The van der Waals surface area contributed by atoms with E-state index in [1.54, 1.807) is 19.1 Å². The van der Waals surface area contributed by atoms with Crippen LogP contribution in [0, 0.1) is 0 Å². The van der Waals surface area contributed by atoms with Gasteiger partial charge in [-0.3, -0.25) is 9.69 Å². The van der Waals surface area contributed by atoms with Crippen LogP contribution >= 0.6 is 11.3 Å². The van der Waals surface area contributed by atoms with Gasteiger partial charge in [0.25, 0.3) is 5.91 Å². The molecule has 1 aromatic heterocycles. The van der Waals surface area contributed by atoms with Crippen molar-refractivity contribution in [3.05, 3.63) is 40.3 Å². The predicted octanol–water partition coefficient (Wildman–Crippen LogP) is 3.08. The summed E-state index contributed by atoms with van der Waals surface area (Å²) in [5.74, 6) is 0.427. The molecule has 29 heavy (non-hydrogen) atoms. The van der Waals surface area contributed by atoms with Gasteiger partial charge in [0.15, 0.2) is 11.5 Å². The van der Waals surface area contributed by atoms with Crippen molar-refractivity contribution in [1.82, 2.24) is 4.90 Å². The Hall–Kier alpha value is -2.58. The van der Waals surface area contributed by atoms with Crippen LogP contribution in [0.15, 0.2) is 24.3 Å². The maximum Gasteiger partial charge on any atom is 0.341 e. The van der Waals surface area contributed by atoms with Gasteiger partial charge in [-0.2, -0.15) is 0 Å². The average molecular weight is 416 g/mol. The Bertz CT molecular complexity index is 926. The van der Waals surface area contributed by atoms with Crippen molar-refractivity contribution in [1.29, 1.82) is 0 Å². The second-order valence-corrected chi connectivity index (χ2v) is 8.01. The standard InChI is InChI=1S/C21H24N2O5S/c1-3-23-10-9-13-17(11-23)29-20(18(13)21(25)26-4-2)22-19(24)16-12-27-14-7-5-6-8-15(14)28-16/h5-8,16H,3-4,9-12H2,1-2H3,(H,22,24). The van der Waals surface area contributed by atoms with Crippen LogP contribution in [-0.2, 0) is 22.5 Å². The summed E-state index contributed by atoms with van der Waals surface area (Å²) in [6, 6.07) is 7.25.